The van der Waals surface area contributed by atoms with Gasteiger partial charge in [-0.25, -0.2) is 4.39 Å². The third-order valence-electron chi connectivity index (χ3n) is 3.14. The van der Waals surface area contributed by atoms with Crippen LogP contribution in [-0.4, -0.2) is 31.6 Å². The summed E-state index contributed by atoms with van der Waals surface area (Å²) in [6, 6.07) is 6.76. The third kappa shape index (κ3) is 4.11. The number of methoxy groups -OCH3 is 1. The maximum absolute atomic E-state index is 13.6. The molecular weight excluding hydrogens is 233 g/mol. The van der Waals surface area contributed by atoms with E-state index in [1.54, 1.807) is 12.1 Å². The summed E-state index contributed by atoms with van der Waals surface area (Å²) in [5.74, 6) is -0.397. The van der Waals surface area contributed by atoms with Crippen LogP contribution in [-0.2, 0) is 9.53 Å². The van der Waals surface area contributed by atoms with Gasteiger partial charge >= 0.3 is 5.97 Å². The van der Waals surface area contributed by atoms with E-state index in [1.165, 1.54) is 13.2 Å². The summed E-state index contributed by atoms with van der Waals surface area (Å²) in [5.41, 5.74) is 0.679. The summed E-state index contributed by atoms with van der Waals surface area (Å²) in [4.78, 5) is 13.0. The Morgan fingerprint density at radius 2 is 2.11 bits per heavy atom. The highest BCUT2D eigenvalue weighted by molar-refractivity contribution is 5.69. The van der Waals surface area contributed by atoms with Crippen LogP contribution in [0.3, 0.4) is 0 Å². The molecule has 0 amide bonds. The van der Waals surface area contributed by atoms with Gasteiger partial charge in [-0.2, -0.15) is 0 Å². The van der Waals surface area contributed by atoms with Crippen LogP contribution in [0.4, 0.5) is 4.39 Å². The number of carbonyl (C=O) groups is 1. The van der Waals surface area contributed by atoms with Crippen molar-refractivity contribution in [2.45, 2.75) is 25.8 Å². The molecule has 0 unspecified atom stereocenters. The molecule has 0 radical (unpaired) electrons. The van der Waals surface area contributed by atoms with Gasteiger partial charge in [-0.1, -0.05) is 18.2 Å². The molecule has 18 heavy (non-hydrogen) atoms. The zero-order valence-electron chi connectivity index (χ0n) is 11.1. The summed E-state index contributed by atoms with van der Waals surface area (Å²) in [7, 11) is 3.31. The molecule has 0 N–H and O–H groups in total. The maximum atomic E-state index is 13.6. The molecule has 0 aliphatic carbocycles. The lowest BCUT2D eigenvalue weighted by Crippen LogP contribution is -2.24. The molecule has 0 saturated heterocycles. The van der Waals surface area contributed by atoms with Crippen molar-refractivity contribution in [3.8, 4) is 0 Å². The Hall–Kier alpha value is -1.42. The molecule has 0 spiro atoms. The normalized spacial score (nSPS) is 12.5. The molecule has 100 valence electrons. The van der Waals surface area contributed by atoms with E-state index in [0.717, 1.165) is 6.54 Å². The highest BCUT2D eigenvalue weighted by atomic mass is 19.1. The van der Waals surface area contributed by atoms with Crippen molar-refractivity contribution in [1.82, 2.24) is 4.90 Å². The van der Waals surface area contributed by atoms with Crippen LogP contribution in [0.1, 0.15) is 31.4 Å². The lowest BCUT2D eigenvalue weighted by molar-refractivity contribution is -0.140. The molecule has 1 atom stereocenters. The monoisotopic (exact) mass is 253 g/mol. The maximum Gasteiger partial charge on any atom is 0.305 e. The average Bonchev–Trinajstić information content (AvgIpc) is 2.38. The molecule has 0 aliphatic rings. The first-order valence-corrected chi connectivity index (χ1v) is 6.07. The van der Waals surface area contributed by atoms with Crippen LogP contribution >= 0.6 is 0 Å². The Kier molecular flexibility index (Phi) is 5.78. The molecule has 0 bridgehead atoms. The van der Waals surface area contributed by atoms with Crippen molar-refractivity contribution in [3.63, 3.8) is 0 Å². The van der Waals surface area contributed by atoms with Crippen molar-refractivity contribution >= 4 is 5.97 Å². The Balaban J connectivity index is 2.49. The van der Waals surface area contributed by atoms with E-state index in [2.05, 4.69) is 4.74 Å². The Morgan fingerprint density at radius 1 is 1.44 bits per heavy atom. The van der Waals surface area contributed by atoms with Gasteiger partial charge in [0.25, 0.3) is 0 Å². The van der Waals surface area contributed by atoms with E-state index in [4.69, 9.17) is 0 Å². The number of benzene rings is 1. The Labute approximate surface area is 108 Å². The van der Waals surface area contributed by atoms with Gasteiger partial charge in [-0.3, -0.25) is 9.69 Å². The summed E-state index contributed by atoms with van der Waals surface area (Å²) < 4.78 is 18.2. The molecule has 0 aromatic heterocycles. The number of hydrogen-bond donors (Lipinski definition) is 0. The molecule has 3 nitrogen and oxygen atoms in total. The van der Waals surface area contributed by atoms with E-state index < -0.39 is 0 Å². The number of rotatable bonds is 6. The van der Waals surface area contributed by atoms with E-state index in [0.29, 0.717) is 18.4 Å². The summed E-state index contributed by atoms with van der Waals surface area (Å²) >= 11 is 0. The zero-order valence-corrected chi connectivity index (χ0v) is 11.1. The Morgan fingerprint density at radius 3 is 2.72 bits per heavy atom. The largest absolute Gasteiger partial charge is 0.469 e. The molecule has 0 aliphatic heterocycles. The minimum absolute atomic E-state index is 0.0103. The lowest BCUT2D eigenvalue weighted by Gasteiger charge is -2.25. The first kappa shape index (κ1) is 14.6. The van der Waals surface area contributed by atoms with Gasteiger partial charge in [0.05, 0.1) is 7.11 Å². The van der Waals surface area contributed by atoms with Gasteiger partial charge in [0, 0.05) is 18.0 Å². The van der Waals surface area contributed by atoms with Crippen molar-refractivity contribution in [3.05, 3.63) is 35.6 Å². The van der Waals surface area contributed by atoms with Crippen LogP contribution in [0.5, 0.6) is 0 Å². The summed E-state index contributed by atoms with van der Waals surface area (Å²) in [6.45, 7) is 2.68. The fourth-order valence-corrected chi connectivity index (χ4v) is 1.82. The molecule has 0 saturated carbocycles. The molecule has 0 heterocycles. The average molecular weight is 253 g/mol. The SMILES string of the molecule is COC(=O)CCCN(C)[C@H](C)c1ccccc1F. The van der Waals surface area contributed by atoms with Gasteiger partial charge in [0.15, 0.2) is 0 Å². The minimum Gasteiger partial charge on any atom is -0.469 e. The third-order valence-corrected chi connectivity index (χ3v) is 3.14. The fraction of sp³-hybridized carbons (Fsp3) is 0.500. The molecule has 4 heteroatoms. The van der Waals surface area contributed by atoms with Crippen molar-refractivity contribution < 1.29 is 13.9 Å². The first-order chi connectivity index (χ1) is 8.56. The van der Waals surface area contributed by atoms with Crippen LogP contribution in [0.2, 0.25) is 0 Å². The number of halogens is 1. The number of nitrogens with zero attached hydrogens (tertiary/aromatic N) is 1. The van der Waals surface area contributed by atoms with Gasteiger partial charge in [-0.05, 0) is 33.0 Å². The van der Waals surface area contributed by atoms with Gasteiger partial charge in [0.1, 0.15) is 5.82 Å². The second-order valence-corrected chi connectivity index (χ2v) is 4.36. The van der Waals surface area contributed by atoms with E-state index in [1.807, 2.05) is 24.9 Å². The topological polar surface area (TPSA) is 29.5 Å². The second-order valence-electron chi connectivity index (χ2n) is 4.36. The van der Waals surface area contributed by atoms with E-state index in [-0.39, 0.29) is 17.8 Å². The van der Waals surface area contributed by atoms with Crippen molar-refractivity contribution in [2.75, 3.05) is 20.7 Å². The van der Waals surface area contributed by atoms with Crippen LogP contribution in [0, 0.1) is 5.82 Å². The molecule has 0 fully saturated rings. The molecule has 1 aromatic rings. The van der Waals surface area contributed by atoms with Crippen LogP contribution in [0.25, 0.3) is 0 Å². The van der Waals surface area contributed by atoms with Gasteiger partial charge < -0.3 is 4.74 Å². The summed E-state index contributed by atoms with van der Waals surface area (Å²) in [6.07, 6.45) is 1.10. The smallest absolute Gasteiger partial charge is 0.305 e. The van der Waals surface area contributed by atoms with Gasteiger partial charge in [-0.15, -0.1) is 0 Å². The predicted molar refractivity (Wildman–Crippen MR) is 68.7 cm³/mol. The van der Waals surface area contributed by atoms with E-state index >= 15 is 0 Å². The highest BCUT2D eigenvalue weighted by Crippen LogP contribution is 2.21. The molecule has 1 rings (SSSR count). The first-order valence-electron chi connectivity index (χ1n) is 6.07. The quantitative estimate of drug-likeness (QED) is 0.730. The lowest BCUT2D eigenvalue weighted by atomic mass is 10.1. The zero-order chi connectivity index (χ0) is 13.5. The van der Waals surface area contributed by atoms with Crippen LogP contribution < -0.4 is 0 Å². The highest BCUT2D eigenvalue weighted by Gasteiger charge is 2.15. The number of esters is 1. The minimum atomic E-state index is -0.207. The standard InChI is InChI=1S/C14H20FNO2/c1-11(12-7-4-5-8-13(12)15)16(2)10-6-9-14(17)18-3/h4-5,7-8,11H,6,9-10H2,1-3H3/t11-/m1/s1. The second kappa shape index (κ2) is 7.11. The predicted octanol–water partition coefficient (Wildman–Crippen LogP) is 2.77. The fourth-order valence-electron chi connectivity index (χ4n) is 1.82. The van der Waals surface area contributed by atoms with Crippen molar-refractivity contribution in [1.29, 1.82) is 0 Å². The molecule has 1 aromatic carbocycles. The Bertz CT molecular complexity index is 395. The number of hydrogen-bond acceptors (Lipinski definition) is 3. The van der Waals surface area contributed by atoms with Crippen LogP contribution in [0.15, 0.2) is 24.3 Å². The van der Waals surface area contributed by atoms with Crippen molar-refractivity contribution in [2.24, 2.45) is 0 Å². The number of ether oxygens (including phenoxy) is 1. The summed E-state index contributed by atoms with van der Waals surface area (Å²) in [5, 5.41) is 0. The number of carbonyl (C=O) groups excluding carboxylic acids is 1. The van der Waals surface area contributed by atoms with Gasteiger partial charge in [0.2, 0.25) is 0 Å². The molecular formula is C14H20FNO2. The van der Waals surface area contributed by atoms with E-state index in [9.17, 15) is 9.18 Å².